The quantitative estimate of drug-likeness (QED) is 0.823. The normalized spacial score (nSPS) is 19.7. The van der Waals surface area contributed by atoms with Gasteiger partial charge >= 0.3 is 5.69 Å². The fraction of sp³-hybridized carbons (Fsp3) is 0.364. The second-order valence-corrected chi connectivity index (χ2v) is 7.25. The first-order valence-corrected chi connectivity index (χ1v) is 9.69. The van der Waals surface area contributed by atoms with E-state index in [2.05, 4.69) is 30.9 Å². The number of furan rings is 1. The lowest BCUT2D eigenvalue weighted by Gasteiger charge is -2.30. The molecule has 0 saturated heterocycles. The molecule has 1 atom stereocenters. The summed E-state index contributed by atoms with van der Waals surface area (Å²) in [5.41, 5.74) is 2.71. The average Bonchev–Trinajstić information content (AvgIpc) is 2.88. The van der Waals surface area contributed by atoms with Crippen molar-refractivity contribution in [2.45, 2.75) is 26.3 Å². The molecule has 6 heteroatoms. The van der Waals surface area contributed by atoms with E-state index in [1.807, 2.05) is 24.3 Å². The van der Waals surface area contributed by atoms with Gasteiger partial charge in [0.05, 0.1) is 6.04 Å². The maximum Gasteiger partial charge on any atom is 0.333 e. The van der Waals surface area contributed by atoms with E-state index in [0.717, 1.165) is 35.2 Å². The fourth-order valence-corrected chi connectivity index (χ4v) is 4.21. The van der Waals surface area contributed by atoms with Crippen LogP contribution in [0.3, 0.4) is 0 Å². The minimum Gasteiger partial charge on any atom is -0.439 e. The van der Waals surface area contributed by atoms with Crippen molar-refractivity contribution in [2.75, 3.05) is 13.1 Å². The predicted molar refractivity (Wildman–Crippen MR) is 112 cm³/mol. The molecule has 0 aromatic carbocycles. The van der Waals surface area contributed by atoms with Crippen LogP contribution in [-0.2, 0) is 14.1 Å². The van der Waals surface area contributed by atoms with E-state index in [-0.39, 0.29) is 17.3 Å². The Morgan fingerprint density at radius 2 is 1.82 bits per heavy atom. The van der Waals surface area contributed by atoms with Crippen LogP contribution in [0.15, 0.2) is 50.0 Å². The highest BCUT2D eigenvalue weighted by Crippen LogP contribution is 2.38. The molecule has 2 aliphatic rings. The zero-order valence-corrected chi connectivity index (χ0v) is 16.7. The molecule has 6 nitrogen and oxygen atoms in total. The smallest absolute Gasteiger partial charge is 0.333 e. The van der Waals surface area contributed by atoms with Crippen LogP contribution >= 0.6 is 0 Å². The first-order valence-electron chi connectivity index (χ1n) is 9.69. The standard InChI is InChI=1S/C22H25N3O3/c1-5-25(6-2)16-11-12-17-18(15-10-8-7-9-14(16)13-15)19-20(26)23(3)22(27)24(4)21(19)28-17/h7-12,16H,5-6,13H2,1-4H3/b12-11-. The molecule has 0 N–H and O–H groups in total. The van der Waals surface area contributed by atoms with Crippen molar-refractivity contribution >= 4 is 22.7 Å². The third kappa shape index (κ3) is 2.67. The number of allylic oxidation sites excluding steroid dienone is 5. The Morgan fingerprint density at radius 3 is 2.54 bits per heavy atom. The van der Waals surface area contributed by atoms with Crippen molar-refractivity contribution in [1.82, 2.24) is 14.0 Å². The van der Waals surface area contributed by atoms with Gasteiger partial charge in [-0.05, 0) is 36.7 Å². The van der Waals surface area contributed by atoms with Crippen LogP contribution in [-0.4, -0.2) is 33.2 Å². The van der Waals surface area contributed by atoms with Crippen LogP contribution in [0.4, 0.5) is 0 Å². The van der Waals surface area contributed by atoms with Crippen LogP contribution in [0.5, 0.6) is 0 Å². The lowest BCUT2D eigenvalue weighted by Crippen LogP contribution is -2.37. The van der Waals surface area contributed by atoms with Crippen molar-refractivity contribution in [3.8, 4) is 0 Å². The zero-order valence-electron chi connectivity index (χ0n) is 16.7. The maximum atomic E-state index is 12.9. The van der Waals surface area contributed by atoms with E-state index in [1.165, 1.54) is 17.2 Å². The summed E-state index contributed by atoms with van der Waals surface area (Å²) in [6, 6.07) is 0.161. The van der Waals surface area contributed by atoms with Crippen molar-refractivity contribution in [2.24, 2.45) is 14.1 Å². The molecule has 0 amide bonds. The Balaban J connectivity index is 2.06. The van der Waals surface area contributed by atoms with Crippen molar-refractivity contribution in [1.29, 1.82) is 0 Å². The van der Waals surface area contributed by atoms with Gasteiger partial charge in [0.25, 0.3) is 5.56 Å². The summed E-state index contributed by atoms with van der Waals surface area (Å²) in [7, 11) is 3.14. The molecular weight excluding hydrogens is 354 g/mol. The van der Waals surface area contributed by atoms with Gasteiger partial charge < -0.3 is 4.42 Å². The predicted octanol–water partition coefficient (Wildman–Crippen LogP) is 2.84. The summed E-state index contributed by atoms with van der Waals surface area (Å²) in [5.74, 6) is 0.631. The van der Waals surface area contributed by atoms with E-state index >= 15 is 0 Å². The largest absolute Gasteiger partial charge is 0.439 e. The van der Waals surface area contributed by atoms with Crippen molar-refractivity contribution < 1.29 is 4.42 Å². The first kappa shape index (κ1) is 18.5. The highest BCUT2D eigenvalue weighted by Gasteiger charge is 2.28. The number of rotatable bonds is 3. The Labute approximate surface area is 163 Å². The van der Waals surface area contributed by atoms with Crippen molar-refractivity contribution in [3.05, 3.63) is 68.1 Å². The molecule has 146 valence electrons. The number of aromatic nitrogens is 2. The Kier molecular flexibility index (Phi) is 4.59. The summed E-state index contributed by atoms with van der Waals surface area (Å²) in [6.07, 6.45) is 13.1. The number of fused-ring (bicyclic) bond motifs is 6. The SMILES string of the molecule is CCN(CC)C1/C=C\c2oc3c(c2C2=CC=CC=C1C2)c(=O)n(C)c(=O)n3C. The monoisotopic (exact) mass is 379 g/mol. The van der Waals surface area contributed by atoms with Crippen molar-refractivity contribution in [3.63, 3.8) is 0 Å². The second-order valence-electron chi connectivity index (χ2n) is 7.25. The number of likely N-dealkylation sites (N-methyl/N-ethyl adjacent to an activating group) is 1. The van der Waals surface area contributed by atoms with Gasteiger partial charge in [0.1, 0.15) is 11.1 Å². The molecule has 0 fully saturated rings. The number of hydrogen-bond acceptors (Lipinski definition) is 4. The second kappa shape index (κ2) is 6.95. The van der Waals surface area contributed by atoms with Crippen LogP contribution in [0, 0.1) is 0 Å². The lowest BCUT2D eigenvalue weighted by atomic mass is 9.89. The molecule has 2 bridgehead atoms. The van der Waals surface area contributed by atoms with Crippen LogP contribution in [0.25, 0.3) is 22.7 Å². The van der Waals surface area contributed by atoms with Gasteiger partial charge in [-0.2, -0.15) is 0 Å². The minimum atomic E-state index is -0.389. The Hall–Kier alpha value is -2.86. The summed E-state index contributed by atoms with van der Waals surface area (Å²) in [5, 5.41) is 0.464. The highest BCUT2D eigenvalue weighted by molar-refractivity contribution is 5.94. The molecule has 2 aromatic heterocycles. The molecule has 2 aromatic rings. The molecule has 0 spiro atoms. The molecular formula is C22H25N3O3. The summed E-state index contributed by atoms with van der Waals surface area (Å²) in [4.78, 5) is 27.7. The first-order chi connectivity index (χ1) is 13.5. The third-order valence-electron chi connectivity index (χ3n) is 5.76. The van der Waals surface area contributed by atoms with Gasteiger partial charge in [-0.1, -0.05) is 44.2 Å². The minimum absolute atomic E-state index is 0.161. The van der Waals surface area contributed by atoms with E-state index in [9.17, 15) is 9.59 Å². The molecule has 1 unspecified atom stereocenters. The Morgan fingerprint density at radius 1 is 1.11 bits per heavy atom. The van der Waals surface area contributed by atoms with Gasteiger partial charge in [-0.25, -0.2) is 4.79 Å². The number of hydrogen-bond donors (Lipinski definition) is 0. The number of nitrogens with zero attached hydrogens (tertiary/aromatic N) is 3. The van der Waals surface area contributed by atoms with E-state index in [1.54, 1.807) is 7.05 Å². The highest BCUT2D eigenvalue weighted by atomic mass is 16.3. The van der Waals surface area contributed by atoms with Gasteiger partial charge in [0, 0.05) is 19.7 Å². The van der Waals surface area contributed by atoms with Gasteiger partial charge in [-0.15, -0.1) is 0 Å². The molecule has 0 radical (unpaired) electrons. The molecule has 28 heavy (non-hydrogen) atoms. The lowest BCUT2D eigenvalue weighted by molar-refractivity contribution is 0.278. The van der Waals surface area contributed by atoms with E-state index in [4.69, 9.17) is 4.42 Å². The van der Waals surface area contributed by atoms with Gasteiger partial charge in [-0.3, -0.25) is 18.8 Å². The van der Waals surface area contributed by atoms with Crippen LogP contribution in [0.1, 0.15) is 31.6 Å². The fourth-order valence-electron chi connectivity index (χ4n) is 4.21. The molecule has 4 rings (SSSR count). The topological polar surface area (TPSA) is 60.4 Å². The van der Waals surface area contributed by atoms with Crippen LogP contribution in [0.2, 0.25) is 0 Å². The Bertz CT molecular complexity index is 1180. The molecule has 2 aliphatic carbocycles. The molecule has 0 saturated carbocycles. The van der Waals surface area contributed by atoms with E-state index < -0.39 is 0 Å². The maximum absolute atomic E-state index is 12.9. The zero-order chi connectivity index (χ0) is 20.0. The average molecular weight is 379 g/mol. The summed E-state index contributed by atoms with van der Waals surface area (Å²) >= 11 is 0. The third-order valence-corrected chi connectivity index (χ3v) is 5.76. The van der Waals surface area contributed by atoms with Gasteiger partial charge in [0.2, 0.25) is 5.71 Å². The molecule has 0 aliphatic heterocycles. The van der Waals surface area contributed by atoms with E-state index in [0.29, 0.717) is 16.9 Å². The summed E-state index contributed by atoms with van der Waals surface area (Å²) < 4.78 is 8.61. The van der Waals surface area contributed by atoms with Crippen LogP contribution < -0.4 is 11.2 Å². The molecule has 2 heterocycles. The van der Waals surface area contributed by atoms with Gasteiger partial charge in [0.15, 0.2) is 0 Å². The summed E-state index contributed by atoms with van der Waals surface area (Å²) in [6.45, 7) is 6.19. The number of aryl methyl sites for hydroxylation is 1.